The Balaban J connectivity index is 0.000000845. The van der Waals surface area contributed by atoms with Crippen molar-refractivity contribution in [1.29, 1.82) is 0 Å². The lowest BCUT2D eigenvalue weighted by molar-refractivity contribution is -0.120. The summed E-state index contributed by atoms with van der Waals surface area (Å²) in [5.41, 5.74) is 0.444. The second kappa shape index (κ2) is 4.29. The summed E-state index contributed by atoms with van der Waals surface area (Å²) in [5, 5.41) is 6.32. The third-order valence-electron chi connectivity index (χ3n) is 3.19. The first kappa shape index (κ1) is 10.8. The van der Waals surface area contributed by atoms with Gasteiger partial charge in [0.05, 0.1) is 0 Å². The Bertz CT molecular complexity index is 190. The minimum Gasteiger partial charge on any atom is -0.356 e. The normalized spacial score (nSPS) is 33.7. The molecule has 1 unspecified atom stereocenters. The summed E-state index contributed by atoms with van der Waals surface area (Å²) in [6, 6.07) is 0. The number of hydrogen-bond donors (Lipinski definition) is 2. The zero-order valence-electron chi connectivity index (χ0n) is 7.77. The molecule has 2 aliphatic rings. The molecule has 0 radical (unpaired) electrons. The average Bonchev–Trinajstić information content (AvgIpc) is 2.42. The van der Waals surface area contributed by atoms with Crippen molar-refractivity contribution in [2.24, 2.45) is 5.41 Å². The van der Waals surface area contributed by atoms with E-state index in [2.05, 4.69) is 10.6 Å². The monoisotopic (exact) mass is 204 g/mol. The Kier molecular flexibility index (Phi) is 3.56. The number of rotatable bonds is 0. The molecule has 13 heavy (non-hydrogen) atoms. The molecule has 0 aliphatic carbocycles. The highest BCUT2D eigenvalue weighted by Crippen LogP contribution is 2.35. The fourth-order valence-electron chi connectivity index (χ4n) is 2.28. The van der Waals surface area contributed by atoms with E-state index in [0.29, 0.717) is 5.41 Å². The van der Waals surface area contributed by atoms with Crippen LogP contribution in [0, 0.1) is 5.41 Å². The van der Waals surface area contributed by atoms with Crippen LogP contribution >= 0.6 is 12.4 Å². The number of hydrogen-bond acceptors (Lipinski definition) is 2. The van der Waals surface area contributed by atoms with Crippen LogP contribution in [-0.4, -0.2) is 25.5 Å². The van der Waals surface area contributed by atoms with Crippen molar-refractivity contribution < 1.29 is 4.79 Å². The van der Waals surface area contributed by atoms with E-state index in [1.54, 1.807) is 0 Å². The maximum atomic E-state index is 11.1. The highest BCUT2D eigenvalue weighted by Gasteiger charge is 2.35. The lowest BCUT2D eigenvalue weighted by Crippen LogP contribution is -2.25. The van der Waals surface area contributed by atoms with Crippen LogP contribution < -0.4 is 10.6 Å². The molecule has 0 aromatic carbocycles. The van der Waals surface area contributed by atoms with Crippen molar-refractivity contribution in [2.45, 2.75) is 25.7 Å². The van der Waals surface area contributed by atoms with E-state index in [-0.39, 0.29) is 18.3 Å². The Morgan fingerprint density at radius 2 is 1.92 bits per heavy atom. The Morgan fingerprint density at radius 3 is 2.62 bits per heavy atom. The molecule has 2 rings (SSSR count). The maximum Gasteiger partial charge on any atom is 0.220 e. The molecule has 2 aliphatic heterocycles. The number of carbonyl (C=O) groups excluding carboxylic acids is 1. The Hall–Kier alpha value is -0.280. The van der Waals surface area contributed by atoms with Gasteiger partial charge in [0.15, 0.2) is 0 Å². The lowest BCUT2D eigenvalue weighted by Gasteiger charge is -2.24. The molecule has 0 aromatic rings. The van der Waals surface area contributed by atoms with Gasteiger partial charge in [-0.15, -0.1) is 12.4 Å². The van der Waals surface area contributed by atoms with Crippen molar-refractivity contribution in [1.82, 2.24) is 10.6 Å². The largest absolute Gasteiger partial charge is 0.356 e. The predicted octanol–water partition coefficient (Wildman–Crippen LogP) is 0.688. The van der Waals surface area contributed by atoms with Crippen molar-refractivity contribution in [2.75, 3.05) is 19.6 Å². The molecule has 76 valence electrons. The zero-order chi connectivity index (χ0) is 8.44. The summed E-state index contributed by atoms with van der Waals surface area (Å²) in [6.07, 6.45) is 4.21. The van der Waals surface area contributed by atoms with E-state index in [1.807, 2.05) is 0 Å². The van der Waals surface area contributed by atoms with Gasteiger partial charge in [-0.25, -0.2) is 0 Å². The van der Waals surface area contributed by atoms with Gasteiger partial charge in [-0.1, -0.05) is 0 Å². The van der Waals surface area contributed by atoms with E-state index >= 15 is 0 Å². The number of carbonyl (C=O) groups is 1. The summed E-state index contributed by atoms with van der Waals surface area (Å²) >= 11 is 0. The molecule has 1 amide bonds. The fourth-order valence-corrected chi connectivity index (χ4v) is 2.28. The van der Waals surface area contributed by atoms with Crippen molar-refractivity contribution in [3.8, 4) is 0 Å². The Labute approximate surface area is 85.1 Å². The molecule has 1 atom stereocenters. The van der Waals surface area contributed by atoms with Crippen LogP contribution in [0.4, 0.5) is 0 Å². The van der Waals surface area contributed by atoms with E-state index in [9.17, 15) is 4.79 Å². The minimum absolute atomic E-state index is 0. The standard InChI is InChI=1S/C9H16N2O.ClH/c12-8-1-2-9(4-6-11-8)3-5-10-7-9;/h10H,1-7H2,(H,11,12);1H. The Morgan fingerprint density at radius 1 is 1.15 bits per heavy atom. The van der Waals surface area contributed by atoms with Gasteiger partial charge in [0.25, 0.3) is 0 Å². The summed E-state index contributed by atoms with van der Waals surface area (Å²) in [5.74, 6) is 0.235. The van der Waals surface area contributed by atoms with Crippen LogP contribution in [0.3, 0.4) is 0 Å². The number of amides is 1. The van der Waals surface area contributed by atoms with Crippen LogP contribution in [0.25, 0.3) is 0 Å². The highest BCUT2D eigenvalue weighted by molar-refractivity contribution is 5.85. The molecular formula is C9H17ClN2O. The number of nitrogens with one attached hydrogen (secondary N) is 2. The van der Waals surface area contributed by atoms with Gasteiger partial charge < -0.3 is 10.6 Å². The van der Waals surface area contributed by atoms with Crippen LogP contribution in [0.2, 0.25) is 0 Å². The minimum atomic E-state index is 0. The van der Waals surface area contributed by atoms with Crippen LogP contribution in [0.5, 0.6) is 0 Å². The SMILES string of the molecule is Cl.O=C1CCC2(CCNC2)CCN1. The second-order valence-electron chi connectivity index (χ2n) is 4.03. The van der Waals surface area contributed by atoms with E-state index in [0.717, 1.165) is 38.9 Å². The van der Waals surface area contributed by atoms with E-state index < -0.39 is 0 Å². The van der Waals surface area contributed by atoms with Crippen molar-refractivity contribution >= 4 is 18.3 Å². The zero-order valence-corrected chi connectivity index (χ0v) is 8.58. The lowest BCUT2D eigenvalue weighted by atomic mass is 9.80. The average molecular weight is 205 g/mol. The highest BCUT2D eigenvalue weighted by atomic mass is 35.5. The first-order valence-corrected chi connectivity index (χ1v) is 4.78. The van der Waals surface area contributed by atoms with Crippen LogP contribution in [0.15, 0.2) is 0 Å². The van der Waals surface area contributed by atoms with Gasteiger partial charge in [0, 0.05) is 19.5 Å². The first-order valence-electron chi connectivity index (χ1n) is 4.78. The van der Waals surface area contributed by atoms with E-state index in [1.165, 1.54) is 6.42 Å². The smallest absolute Gasteiger partial charge is 0.220 e. The second-order valence-corrected chi connectivity index (χ2v) is 4.03. The van der Waals surface area contributed by atoms with Crippen LogP contribution in [0.1, 0.15) is 25.7 Å². The quantitative estimate of drug-likeness (QED) is 0.610. The molecule has 2 saturated heterocycles. The summed E-state index contributed by atoms with van der Waals surface area (Å²) < 4.78 is 0. The third-order valence-corrected chi connectivity index (χ3v) is 3.19. The first-order chi connectivity index (χ1) is 5.81. The molecule has 2 N–H and O–H groups in total. The molecule has 0 bridgehead atoms. The van der Waals surface area contributed by atoms with E-state index in [4.69, 9.17) is 0 Å². The van der Waals surface area contributed by atoms with Gasteiger partial charge in [-0.3, -0.25) is 4.79 Å². The topological polar surface area (TPSA) is 41.1 Å². The molecule has 0 saturated carbocycles. The fraction of sp³-hybridized carbons (Fsp3) is 0.889. The van der Waals surface area contributed by atoms with Gasteiger partial charge in [-0.05, 0) is 31.2 Å². The van der Waals surface area contributed by atoms with Crippen molar-refractivity contribution in [3.05, 3.63) is 0 Å². The molecule has 2 fully saturated rings. The van der Waals surface area contributed by atoms with Crippen molar-refractivity contribution in [3.63, 3.8) is 0 Å². The molecule has 0 aromatic heterocycles. The predicted molar refractivity (Wildman–Crippen MR) is 54.0 cm³/mol. The molecule has 1 spiro atoms. The van der Waals surface area contributed by atoms with Gasteiger partial charge >= 0.3 is 0 Å². The molecule has 3 nitrogen and oxygen atoms in total. The molecular weight excluding hydrogens is 188 g/mol. The molecule has 4 heteroatoms. The number of halogens is 1. The maximum absolute atomic E-state index is 11.1. The van der Waals surface area contributed by atoms with Gasteiger partial charge in [-0.2, -0.15) is 0 Å². The van der Waals surface area contributed by atoms with Gasteiger partial charge in [0.1, 0.15) is 0 Å². The van der Waals surface area contributed by atoms with Crippen LogP contribution in [-0.2, 0) is 4.79 Å². The third kappa shape index (κ3) is 2.35. The summed E-state index contributed by atoms with van der Waals surface area (Å²) in [4.78, 5) is 11.1. The summed E-state index contributed by atoms with van der Waals surface area (Å²) in [6.45, 7) is 3.12. The summed E-state index contributed by atoms with van der Waals surface area (Å²) in [7, 11) is 0. The van der Waals surface area contributed by atoms with Gasteiger partial charge in [0.2, 0.25) is 5.91 Å². The molecule has 2 heterocycles.